The fourth-order valence-electron chi connectivity index (χ4n) is 2.42. The molecule has 25 heavy (non-hydrogen) atoms. The summed E-state index contributed by atoms with van der Waals surface area (Å²) in [6.07, 6.45) is 0.928. The lowest BCUT2D eigenvalue weighted by molar-refractivity contribution is -0.122. The first-order valence-corrected chi connectivity index (χ1v) is 8.22. The van der Waals surface area contributed by atoms with Gasteiger partial charge in [0.05, 0.1) is 0 Å². The highest BCUT2D eigenvalue weighted by atomic mass is 16.5. The average molecular weight is 339 g/mol. The molecule has 0 bridgehead atoms. The van der Waals surface area contributed by atoms with Gasteiger partial charge in [-0.15, -0.1) is 0 Å². The van der Waals surface area contributed by atoms with Crippen LogP contribution in [0.5, 0.6) is 11.5 Å². The van der Waals surface area contributed by atoms with Crippen molar-refractivity contribution in [2.45, 2.75) is 20.3 Å². The van der Waals surface area contributed by atoms with Crippen molar-refractivity contribution in [1.29, 1.82) is 0 Å². The molecule has 0 radical (unpaired) electrons. The highest BCUT2D eigenvalue weighted by Gasteiger charge is 2.30. The molecule has 5 heteroatoms. The van der Waals surface area contributed by atoms with E-state index in [1.807, 2.05) is 68.4 Å². The molecule has 5 nitrogen and oxygen atoms in total. The van der Waals surface area contributed by atoms with Gasteiger partial charge in [0.15, 0.2) is 0 Å². The van der Waals surface area contributed by atoms with E-state index in [2.05, 4.69) is 0 Å². The van der Waals surface area contributed by atoms with Crippen LogP contribution in [0.4, 0.5) is 4.79 Å². The molecule has 1 heterocycles. The number of carbonyl (C=O) groups is 2. The fourth-order valence-corrected chi connectivity index (χ4v) is 2.42. The number of rotatable bonds is 3. The van der Waals surface area contributed by atoms with Gasteiger partial charge in [0, 0.05) is 12.1 Å². The average Bonchev–Trinajstić information content (AvgIpc) is 2.99. The summed E-state index contributed by atoms with van der Waals surface area (Å²) in [6.45, 7) is 4.21. The Morgan fingerprint density at radius 2 is 1.76 bits per heavy atom. The zero-order valence-electron chi connectivity index (χ0n) is 14.3. The van der Waals surface area contributed by atoms with Crippen LogP contribution in [-0.2, 0) is 4.79 Å². The van der Waals surface area contributed by atoms with Crippen LogP contribution in [0.2, 0.25) is 0 Å². The minimum atomic E-state index is -1.21. The molecule has 2 aromatic carbocycles. The summed E-state index contributed by atoms with van der Waals surface area (Å²) in [6, 6.07) is 16.7. The molecule has 3 rings (SSSR count). The number of hydrogen-bond acceptors (Lipinski definition) is 3. The van der Waals surface area contributed by atoms with Crippen molar-refractivity contribution in [2.75, 3.05) is 6.54 Å². The van der Waals surface area contributed by atoms with Crippen LogP contribution in [-0.4, -0.2) is 28.6 Å². The number of likely N-dealkylation sites (tertiary alicyclic amines) is 1. The molecule has 0 saturated carbocycles. The van der Waals surface area contributed by atoms with E-state index in [9.17, 15) is 9.59 Å². The number of hydrogen-bond donors (Lipinski definition) is 1. The lowest BCUT2D eigenvalue weighted by atomic mass is 10.1. The number of nitrogens with zero attached hydrogens (tertiary/aromatic N) is 1. The molecule has 0 spiro atoms. The highest BCUT2D eigenvalue weighted by molar-refractivity contribution is 6.06. The molecule has 1 N–H and O–H groups in total. The first-order valence-electron chi connectivity index (χ1n) is 8.22. The molecule has 1 saturated heterocycles. The topological polar surface area (TPSA) is 66.8 Å². The smallest absolute Gasteiger partial charge is 0.414 e. The monoisotopic (exact) mass is 339 g/mol. The standard InChI is InChI=1S/C18H15NO4.C2H6/c20-17-14(9-10-19(17)18(21)22)11-13-5-4-8-16(12-13)23-15-6-2-1-3-7-15;1-2/h1-8,11-12H,9-10H2,(H,21,22);1-2H3. The van der Waals surface area contributed by atoms with E-state index in [1.165, 1.54) is 0 Å². The summed E-state index contributed by atoms with van der Waals surface area (Å²) in [4.78, 5) is 23.7. The van der Waals surface area contributed by atoms with Gasteiger partial charge in [-0.2, -0.15) is 0 Å². The number of imide groups is 1. The third-order valence-corrected chi connectivity index (χ3v) is 3.53. The third-order valence-electron chi connectivity index (χ3n) is 3.53. The highest BCUT2D eigenvalue weighted by Crippen LogP contribution is 2.25. The van der Waals surface area contributed by atoms with Crippen molar-refractivity contribution in [3.05, 3.63) is 65.7 Å². The number of para-hydroxylation sites is 1. The van der Waals surface area contributed by atoms with Crippen molar-refractivity contribution in [2.24, 2.45) is 0 Å². The molecule has 1 fully saturated rings. The number of carbonyl (C=O) groups excluding carboxylic acids is 1. The van der Waals surface area contributed by atoms with Gasteiger partial charge in [0.25, 0.3) is 5.91 Å². The number of ether oxygens (including phenoxy) is 1. The molecule has 2 amide bonds. The summed E-state index contributed by atoms with van der Waals surface area (Å²) < 4.78 is 5.75. The first kappa shape index (κ1) is 18.3. The maximum atomic E-state index is 12.0. The molecule has 1 aliphatic rings. The van der Waals surface area contributed by atoms with E-state index in [0.29, 0.717) is 17.7 Å². The van der Waals surface area contributed by atoms with Crippen LogP contribution in [0, 0.1) is 0 Å². The van der Waals surface area contributed by atoms with Gasteiger partial charge in [0.1, 0.15) is 11.5 Å². The van der Waals surface area contributed by atoms with Crippen molar-refractivity contribution in [3.8, 4) is 11.5 Å². The van der Waals surface area contributed by atoms with E-state index in [1.54, 1.807) is 6.08 Å². The molecule has 0 aromatic heterocycles. The first-order chi connectivity index (χ1) is 12.1. The van der Waals surface area contributed by atoms with Gasteiger partial charge in [-0.05, 0) is 42.3 Å². The Morgan fingerprint density at radius 1 is 1.08 bits per heavy atom. The SMILES string of the molecule is CC.O=C(O)N1CCC(=Cc2cccc(Oc3ccccc3)c2)C1=O. The summed E-state index contributed by atoms with van der Waals surface area (Å²) in [7, 11) is 0. The Bertz CT molecular complexity index is 768. The van der Waals surface area contributed by atoms with Crippen LogP contribution < -0.4 is 4.74 Å². The second-order valence-electron chi connectivity index (χ2n) is 5.15. The number of benzene rings is 2. The molecule has 2 aromatic rings. The summed E-state index contributed by atoms with van der Waals surface area (Å²) in [5.74, 6) is 0.935. The molecular formula is C20H21NO4. The Balaban J connectivity index is 0.00000109. The van der Waals surface area contributed by atoms with Crippen LogP contribution in [0.15, 0.2) is 60.2 Å². The van der Waals surface area contributed by atoms with Gasteiger partial charge in [0.2, 0.25) is 0 Å². The molecule has 0 atom stereocenters. The van der Waals surface area contributed by atoms with E-state index in [-0.39, 0.29) is 6.54 Å². The maximum absolute atomic E-state index is 12.0. The Morgan fingerprint density at radius 3 is 2.40 bits per heavy atom. The Kier molecular flexibility index (Phi) is 6.34. The normalized spacial score (nSPS) is 14.9. The van der Waals surface area contributed by atoms with E-state index < -0.39 is 12.0 Å². The minimum Gasteiger partial charge on any atom is -0.465 e. The van der Waals surface area contributed by atoms with Crippen LogP contribution in [0.3, 0.4) is 0 Å². The van der Waals surface area contributed by atoms with Crippen LogP contribution in [0.25, 0.3) is 6.08 Å². The second-order valence-corrected chi connectivity index (χ2v) is 5.15. The van der Waals surface area contributed by atoms with Crippen molar-refractivity contribution < 1.29 is 19.4 Å². The lowest BCUT2D eigenvalue weighted by Gasteiger charge is -2.07. The summed E-state index contributed by atoms with van der Waals surface area (Å²) >= 11 is 0. The Hall–Kier alpha value is -3.08. The number of carboxylic acid groups (broad SMARTS) is 1. The van der Waals surface area contributed by atoms with Gasteiger partial charge in [-0.1, -0.05) is 44.2 Å². The molecule has 0 aliphatic carbocycles. The Labute approximate surface area is 147 Å². The van der Waals surface area contributed by atoms with Crippen molar-refractivity contribution in [1.82, 2.24) is 4.90 Å². The van der Waals surface area contributed by atoms with E-state index in [0.717, 1.165) is 16.2 Å². The largest absolute Gasteiger partial charge is 0.465 e. The molecule has 130 valence electrons. The molecule has 0 unspecified atom stereocenters. The lowest BCUT2D eigenvalue weighted by Crippen LogP contribution is -2.30. The quantitative estimate of drug-likeness (QED) is 0.816. The zero-order valence-corrected chi connectivity index (χ0v) is 14.3. The third kappa shape index (κ3) is 4.70. The van der Waals surface area contributed by atoms with Gasteiger partial charge in [-0.25, -0.2) is 9.69 Å². The molecular weight excluding hydrogens is 318 g/mol. The summed E-state index contributed by atoms with van der Waals surface area (Å²) in [5, 5.41) is 8.93. The maximum Gasteiger partial charge on any atom is 0.414 e. The predicted octanol–water partition coefficient (Wildman–Crippen LogP) is 4.80. The number of amides is 2. The van der Waals surface area contributed by atoms with E-state index in [4.69, 9.17) is 9.84 Å². The van der Waals surface area contributed by atoms with Crippen LogP contribution >= 0.6 is 0 Å². The van der Waals surface area contributed by atoms with Gasteiger partial charge in [-0.3, -0.25) is 4.79 Å². The van der Waals surface area contributed by atoms with Gasteiger partial charge >= 0.3 is 6.09 Å². The van der Waals surface area contributed by atoms with E-state index >= 15 is 0 Å². The van der Waals surface area contributed by atoms with Crippen LogP contribution in [0.1, 0.15) is 25.8 Å². The van der Waals surface area contributed by atoms with Crippen molar-refractivity contribution in [3.63, 3.8) is 0 Å². The predicted molar refractivity (Wildman–Crippen MR) is 96.6 cm³/mol. The summed E-state index contributed by atoms with van der Waals surface area (Å²) in [5.41, 5.74) is 1.29. The van der Waals surface area contributed by atoms with Crippen molar-refractivity contribution >= 4 is 18.1 Å². The minimum absolute atomic E-state index is 0.209. The zero-order chi connectivity index (χ0) is 18.2. The fraction of sp³-hybridized carbons (Fsp3) is 0.200. The second kappa shape index (κ2) is 8.68. The molecule has 1 aliphatic heterocycles. The van der Waals surface area contributed by atoms with Gasteiger partial charge < -0.3 is 9.84 Å².